The Labute approximate surface area is 267 Å². The molecule has 6 rings (SSSR count). The molecule has 4 unspecified atom stereocenters. The van der Waals surface area contributed by atoms with E-state index in [9.17, 15) is 14.4 Å². The number of aromatic nitrogens is 3. The number of carbonyl (C=O) groups is 3. The summed E-state index contributed by atoms with van der Waals surface area (Å²) in [5, 5.41) is 1.20. The normalized spacial score (nSPS) is 19.2. The van der Waals surface area contributed by atoms with Crippen LogP contribution in [0.4, 0.5) is 0 Å². The molecular formula is C33H26ClN3O7S. The van der Waals surface area contributed by atoms with Crippen LogP contribution in [0.25, 0.3) is 11.0 Å². The Balaban J connectivity index is 1.39. The van der Waals surface area contributed by atoms with Crippen molar-refractivity contribution in [2.45, 2.75) is 29.7 Å². The third-order valence-electron chi connectivity index (χ3n) is 7.14. The summed E-state index contributed by atoms with van der Waals surface area (Å²) in [6.07, 6.45) is -0.958. The number of esters is 3. The van der Waals surface area contributed by atoms with E-state index < -0.39 is 42.4 Å². The van der Waals surface area contributed by atoms with Crippen molar-refractivity contribution in [1.29, 1.82) is 0 Å². The van der Waals surface area contributed by atoms with Gasteiger partial charge in [-0.1, -0.05) is 78.0 Å². The summed E-state index contributed by atoms with van der Waals surface area (Å²) in [5.41, 5.74) is 1.32. The van der Waals surface area contributed by atoms with Gasteiger partial charge in [-0.2, -0.15) is 0 Å². The Bertz CT molecular complexity index is 1820. The second-order valence-electron chi connectivity index (χ2n) is 9.96. The maximum atomic E-state index is 13.4. The predicted molar refractivity (Wildman–Crippen MR) is 166 cm³/mol. The van der Waals surface area contributed by atoms with Gasteiger partial charge in [0.15, 0.2) is 23.6 Å². The first kappa shape index (κ1) is 30.3. The van der Waals surface area contributed by atoms with Crippen molar-refractivity contribution in [3.05, 3.63) is 125 Å². The van der Waals surface area contributed by atoms with Gasteiger partial charge in [0.25, 0.3) is 0 Å². The second kappa shape index (κ2) is 13.5. The minimum Gasteiger partial charge on any atom is -0.459 e. The van der Waals surface area contributed by atoms with Crippen molar-refractivity contribution < 1.29 is 33.3 Å². The van der Waals surface area contributed by atoms with Crippen molar-refractivity contribution in [2.75, 3.05) is 12.9 Å². The van der Waals surface area contributed by atoms with E-state index in [0.29, 0.717) is 21.8 Å². The molecule has 12 heteroatoms. The first-order chi connectivity index (χ1) is 21.9. The zero-order chi connectivity index (χ0) is 31.3. The Morgan fingerprint density at radius 3 is 1.87 bits per heavy atom. The van der Waals surface area contributed by atoms with Gasteiger partial charge in [0.05, 0.1) is 22.1 Å². The highest BCUT2D eigenvalue weighted by Crippen LogP contribution is 2.38. The number of benzene rings is 3. The fraction of sp³-hybridized carbons (Fsp3) is 0.182. The molecule has 5 aromatic rings. The number of ether oxygens (including phenoxy) is 4. The fourth-order valence-electron chi connectivity index (χ4n) is 4.96. The van der Waals surface area contributed by atoms with Crippen molar-refractivity contribution in [2.24, 2.45) is 0 Å². The smallest absolute Gasteiger partial charge is 0.338 e. The van der Waals surface area contributed by atoms with Crippen molar-refractivity contribution in [1.82, 2.24) is 14.5 Å². The number of fused-ring (bicyclic) bond motifs is 1. The van der Waals surface area contributed by atoms with E-state index in [1.165, 1.54) is 11.8 Å². The van der Waals surface area contributed by atoms with Gasteiger partial charge in [-0.3, -0.25) is 0 Å². The van der Waals surface area contributed by atoms with E-state index in [0.717, 1.165) is 0 Å². The number of halogens is 1. The lowest BCUT2D eigenvalue weighted by molar-refractivity contribution is -0.0604. The summed E-state index contributed by atoms with van der Waals surface area (Å²) < 4.78 is 25.8. The van der Waals surface area contributed by atoms with E-state index in [1.807, 2.05) is 6.26 Å². The lowest BCUT2D eigenvalue weighted by Crippen LogP contribution is -2.41. The van der Waals surface area contributed by atoms with E-state index in [2.05, 4.69) is 9.97 Å². The summed E-state index contributed by atoms with van der Waals surface area (Å²) >= 11 is 7.77. The van der Waals surface area contributed by atoms with Gasteiger partial charge in [0.2, 0.25) is 0 Å². The first-order valence-corrected chi connectivity index (χ1v) is 15.5. The highest BCUT2D eigenvalue weighted by atomic mass is 35.5. The van der Waals surface area contributed by atoms with Crippen LogP contribution in [-0.4, -0.2) is 63.6 Å². The number of hydrogen-bond donors (Lipinski definition) is 0. The van der Waals surface area contributed by atoms with Gasteiger partial charge in [0.1, 0.15) is 23.5 Å². The Morgan fingerprint density at radius 2 is 1.31 bits per heavy atom. The number of hydrogen-bond acceptors (Lipinski definition) is 10. The Morgan fingerprint density at radius 1 is 0.778 bits per heavy atom. The minimum absolute atomic E-state index is 0.235. The molecule has 1 aliphatic rings. The molecule has 10 nitrogen and oxygen atoms in total. The van der Waals surface area contributed by atoms with Gasteiger partial charge in [0, 0.05) is 6.20 Å². The van der Waals surface area contributed by atoms with E-state index in [-0.39, 0.29) is 22.9 Å². The third kappa shape index (κ3) is 6.56. The topological polar surface area (TPSA) is 119 Å². The molecule has 3 aromatic carbocycles. The zero-order valence-electron chi connectivity index (χ0n) is 23.8. The summed E-state index contributed by atoms with van der Waals surface area (Å²) in [6.45, 7) is -0.304. The number of carbonyl (C=O) groups excluding carboxylic acids is 3. The molecule has 0 N–H and O–H groups in total. The third-order valence-corrected chi connectivity index (χ3v) is 7.98. The molecular weight excluding hydrogens is 618 g/mol. The molecule has 0 bridgehead atoms. The quantitative estimate of drug-likeness (QED) is 0.0621. The SMILES string of the molecule is CSc1nc(Cl)c2ccn(C3OC(COC(=O)c4ccccc4)C(OC(=O)c4ccccc4)C3OC(=O)c3ccccc3)c2n1. The van der Waals surface area contributed by atoms with Crippen molar-refractivity contribution in [3.63, 3.8) is 0 Å². The number of nitrogens with zero attached hydrogens (tertiary/aromatic N) is 3. The molecule has 228 valence electrons. The van der Waals surface area contributed by atoms with Gasteiger partial charge in [-0.25, -0.2) is 24.4 Å². The molecule has 4 atom stereocenters. The molecule has 1 saturated heterocycles. The van der Waals surface area contributed by atoms with Gasteiger partial charge in [-0.05, 0) is 48.7 Å². The number of thioether (sulfide) groups is 1. The predicted octanol–water partition coefficient (Wildman–Crippen LogP) is 6.01. The van der Waals surface area contributed by atoms with E-state index in [1.54, 1.807) is 108 Å². The molecule has 1 aliphatic heterocycles. The molecule has 2 aromatic heterocycles. The van der Waals surface area contributed by atoms with Crippen LogP contribution >= 0.6 is 23.4 Å². The molecule has 0 saturated carbocycles. The van der Waals surface area contributed by atoms with Crippen LogP contribution in [0.1, 0.15) is 37.3 Å². The lowest BCUT2D eigenvalue weighted by Gasteiger charge is -2.25. The maximum absolute atomic E-state index is 13.4. The summed E-state index contributed by atoms with van der Waals surface area (Å²) in [6, 6.07) is 27.0. The Hall–Kier alpha value is -4.71. The Kier molecular flexibility index (Phi) is 9.11. The van der Waals surface area contributed by atoms with Crippen LogP contribution < -0.4 is 0 Å². The molecule has 0 amide bonds. The van der Waals surface area contributed by atoms with E-state index in [4.69, 9.17) is 30.5 Å². The van der Waals surface area contributed by atoms with Crippen LogP contribution in [0.15, 0.2) is 108 Å². The minimum atomic E-state index is -1.19. The monoisotopic (exact) mass is 643 g/mol. The molecule has 45 heavy (non-hydrogen) atoms. The van der Waals surface area contributed by atoms with Gasteiger partial charge < -0.3 is 23.5 Å². The van der Waals surface area contributed by atoms with Gasteiger partial charge in [-0.15, -0.1) is 0 Å². The average Bonchev–Trinajstić information content (AvgIpc) is 3.65. The summed E-state index contributed by atoms with van der Waals surface area (Å²) in [5.74, 6) is -1.92. The highest BCUT2D eigenvalue weighted by Gasteiger charge is 2.51. The first-order valence-electron chi connectivity index (χ1n) is 13.9. The average molecular weight is 644 g/mol. The highest BCUT2D eigenvalue weighted by molar-refractivity contribution is 7.98. The number of rotatable bonds is 9. The zero-order valence-corrected chi connectivity index (χ0v) is 25.4. The molecule has 0 spiro atoms. The molecule has 0 radical (unpaired) electrons. The second-order valence-corrected chi connectivity index (χ2v) is 11.1. The van der Waals surface area contributed by atoms with Crippen LogP contribution in [0.2, 0.25) is 5.15 Å². The maximum Gasteiger partial charge on any atom is 0.338 e. The summed E-state index contributed by atoms with van der Waals surface area (Å²) in [7, 11) is 0. The largest absolute Gasteiger partial charge is 0.459 e. The van der Waals surface area contributed by atoms with Crippen LogP contribution in [0, 0.1) is 0 Å². The van der Waals surface area contributed by atoms with Crippen molar-refractivity contribution >= 4 is 52.3 Å². The van der Waals surface area contributed by atoms with Crippen LogP contribution in [-0.2, 0) is 18.9 Å². The van der Waals surface area contributed by atoms with E-state index >= 15 is 0 Å². The van der Waals surface area contributed by atoms with Crippen LogP contribution in [0.5, 0.6) is 0 Å². The molecule has 0 aliphatic carbocycles. The molecule has 3 heterocycles. The fourth-order valence-corrected chi connectivity index (χ4v) is 5.59. The standard InChI is InChI=1S/C33H26ClN3O7S/c1-45-33-35-27(34)23-17-18-37(28(23)36-33)29-26(44-32(40)22-15-9-4-10-16-22)25(43-31(39)21-13-7-3-8-14-21)24(42-29)19-41-30(38)20-11-5-2-6-12-20/h2-18,24-26,29H,19H2,1H3. The summed E-state index contributed by atoms with van der Waals surface area (Å²) in [4.78, 5) is 48.6. The molecule has 1 fully saturated rings. The van der Waals surface area contributed by atoms with Crippen LogP contribution in [0.3, 0.4) is 0 Å². The van der Waals surface area contributed by atoms with Crippen molar-refractivity contribution in [3.8, 4) is 0 Å². The van der Waals surface area contributed by atoms with Gasteiger partial charge >= 0.3 is 17.9 Å². The lowest BCUT2D eigenvalue weighted by atomic mass is 10.1.